The van der Waals surface area contributed by atoms with Crippen LogP contribution < -0.4 is 9.46 Å². The van der Waals surface area contributed by atoms with E-state index < -0.39 is 16.4 Å². The van der Waals surface area contributed by atoms with E-state index in [1.165, 1.54) is 36.5 Å². The Bertz CT molecular complexity index is 1420. The summed E-state index contributed by atoms with van der Waals surface area (Å²) in [5, 5.41) is 10.4. The highest BCUT2D eigenvalue weighted by Gasteiger charge is 2.34. The van der Waals surface area contributed by atoms with Crippen LogP contribution in [0.2, 0.25) is 0 Å². The van der Waals surface area contributed by atoms with Gasteiger partial charge in [0.2, 0.25) is 10.0 Å². The molecule has 1 atom stereocenters. The quantitative estimate of drug-likeness (QED) is 0.210. The Kier molecular flexibility index (Phi) is 6.21. The number of rotatable bonds is 8. The lowest BCUT2D eigenvalue weighted by atomic mass is 10.1. The number of pyridine rings is 1. The summed E-state index contributed by atoms with van der Waals surface area (Å²) in [7, 11) is -3.76. The van der Waals surface area contributed by atoms with E-state index in [4.69, 9.17) is 0 Å². The maximum Gasteiger partial charge on any atom is 0.573 e. The molecular formula is C23H20F3IN4O3S. The van der Waals surface area contributed by atoms with Crippen molar-refractivity contribution in [3.05, 3.63) is 42.1 Å². The van der Waals surface area contributed by atoms with Crippen molar-refractivity contribution in [3.63, 3.8) is 0 Å². The first-order valence-corrected chi connectivity index (χ1v) is 13.7. The van der Waals surface area contributed by atoms with Crippen molar-refractivity contribution in [1.29, 1.82) is 5.26 Å². The second kappa shape index (κ2) is 8.94. The molecule has 0 bridgehead atoms. The lowest BCUT2D eigenvalue weighted by Gasteiger charge is -2.13. The van der Waals surface area contributed by atoms with Crippen LogP contribution in [0.4, 0.5) is 13.2 Å². The van der Waals surface area contributed by atoms with Crippen LogP contribution in [0.25, 0.3) is 22.3 Å². The van der Waals surface area contributed by atoms with Crippen molar-refractivity contribution < 1.29 is 26.3 Å². The Morgan fingerprint density at radius 1 is 1.23 bits per heavy atom. The van der Waals surface area contributed by atoms with Gasteiger partial charge < -0.3 is 9.30 Å². The topological polar surface area (TPSA) is 97.0 Å². The number of hydrogen-bond donors (Lipinski definition) is 1. The first kappa shape index (κ1) is 24.3. The van der Waals surface area contributed by atoms with Gasteiger partial charge in [-0.3, -0.25) is 4.98 Å². The normalized spacial score (nSPS) is 17.3. The van der Waals surface area contributed by atoms with Gasteiger partial charge in [0.25, 0.3) is 0 Å². The molecule has 2 saturated carbocycles. The van der Waals surface area contributed by atoms with E-state index >= 15 is 0 Å². The van der Waals surface area contributed by atoms with Crippen molar-refractivity contribution in [3.8, 4) is 23.2 Å². The summed E-state index contributed by atoms with van der Waals surface area (Å²) in [4.78, 5) is 4.36. The van der Waals surface area contributed by atoms with Crippen LogP contribution in [-0.4, -0.2) is 28.4 Å². The molecule has 1 aromatic carbocycles. The number of alkyl halides is 4. The molecule has 2 aromatic heterocycles. The first-order chi connectivity index (χ1) is 16.6. The predicted octanol–water partition coefficient (Wildman–Crippen LogP) is 5.33. The van der Waals surface area contributed by atoms with Crippen molar-refractivity contribution in [2.24, 2.45) is 11.8 Å². The van der Waals surface area contributed by atoms with Crippen LogP contribution in [0.3, 0.4) is 0 Å². The molecule has 3 aromatic rings. The van der Waals surface area contributed by atoms with Gasteiger partial charge in [0.05, 0.1) is 26.5 Å². The van der Waals surface area contributed by atoms with Gasteiger partial charge in [-0.1, -0.05) is 22.6 Å². The minimum atomic E-state index is -4.84. The maximum absolute atomic E-state index is 12.8. The highest BCUT2D eigenvalue weighted by molar-refractivity contribution is 14.1. The average Bonchev–Trinajstić information content (AvgIpc) is 3.70. The summed E-state index contributed by atoms with van der Waals surface area (Å²) in [6, 6.07) is 9.00. The number of halogens is 4. The van der Waals surface area contributed by atoms with E-state index in [-0.39, 0.29) is 20.3 Å². The van der Waals surface area contributed by atoms with Crippen LogP contribution in [0, 0.1) is 23.2 Å². The Morgan fingerprint density at radius 3 is 2.54 bits per heavy atom. The molecule has 12 heteroatoms. The smallest absolute Gasteiger partial charge is 0.406 e. The molecule has 0 amide bonds. The monoisotopic (exact) mass is 616 g/mol. The molecule has 2 heterocycles. The molecule has 184 valence electrons. The number of aromatic nitrogens is 2. The summed E-state index contributed by atoms with van der Waals surface area (Å²) in [6.07, 6.45) is 0.349. The van der Waals surface area contributed by atoms with Gasteiger partial charge in [0.15, 0.2) is 0 Å². The van der Waals surface area contributed by atoms with Crippen LogP contribution in [-0.2, 0) is 16.6 Å². The fraction of sp³-hybridized carbons (Fsp3) is 0.391. The highest BCUT2D eigenvalue weighted by Crippen LogP contribution is 2.40. The van der Waals surface area contributed by atoms with Gasteiger partial charge >= 0.3 is 6.36 Å². The van der Waals surface area contributed by atoms with Crippen LogP contribution >= 0.6 is 22.6 Å². The van der Waals surface area contributed by atoms with Crippen molar-refractivity contribution in [2.45, 2.75) is 47.5 Å². The summed E-state index contributed by atoms with van der Waals surface area (Å²) < 4.78 is 72.2. The Hall–Kier alpha value is -2.37. The van der Waals surface area contributed by atoms with Crippen molar-refractivity contribution >= 4 is 43.5 Å². The average molecular weight is 616 g/mol. The summed E-state index contributed by atoms with van der Waals surface area (Å²) in [5.74, 6) is 0.301. The minimum absolute atomic E-state index is 0.00721. The van der Waals surface area contributed by atoms with E-state index in [1.54, 1.807) is 4.57 Å². The third-order valence-corrected chi connectivity index (χ3v) is 9.29. The highest BCUT2D eigenvalue weighted by atomic mass is 127. The summed E-state index contributed by atoms with van der Waals surface area (Å²) in [5.41, 5.74) is 1.51. The number of hydrogen-bond acceptors (Lipinski definition) is 5. The number of fused-ring (bicyclic) bond motifs is 1. The number of nitrogens with one attached hydrogen (secondary N) is 1. The Morgan fingerprint density at radius 2 is 1.97 bits per heavy atom. The fourth-order valence-electron chi connectivity index (χ4n) is 4.03. The number of nitrogens with zero attached hydrogens (tertiary/aromatic N) is 3. The van der Waals surface area contributed by atoms with Gasteiger partial charge in [-0.15, -0.1) is 13.2 Å². The molecular weight excluding hydrogens is 596 g/mol. The standard InChI is InChI=1S/C23H20F3IN4O3S/c24-23(25,26)34-15-5-7-17-18(10-28)21(31(20(17)9-15)12-13-1-2-13)19-8-6-16(11-29-19)35(32,33)30-22(27)14-3-4-14/h5-9,11,13-14,22,30H,1-4,12H2/t22-/m1/s1. The molecule has 0 spiro atoms. The minimum Gasteiger partial charge on any atom is -0.406 e. The van der Waals surface area contributed by atoms with E-state index in [0.29, 0.717) is 40.7 Å². The zero-order chi connectivity index (χ0) is 25.0. The largest absolute Gasteiger partial charge is 0.573 e. The molecule has 0 saturated heterocycles. The first-order valence-electron chi connectivity index (χ1n) is 11.0. The lowest BCUT2D eigenvalue weighted by molar-refractivity contribution is -0.274. The van der Waals surface area contributed by atoms with E-state index in [9.17, 15) is 26.9 Å². The molecule has 0 radical (unpaired) electrons. The van der Waals surface area contributed by atoms with Gasteiger partial charge in [0.1, 0.15) is 16.7 Å². The van der Waals surface area contributed by atoms with E-state index in [1.807, 2.05) is 0 Å². The van der Waals surface area contributed by atoms with Crippen LogP contribution in [0.15, 0.2) is 41.4 Å². The summed E-state index contributed by atoms with van der Waals surface area (Å²) in [6.45, 7) is 0.504. The van der Waals surface area contributed by atoms with Crippen LogP contribution in [0.1, 0.15) is 31.2 Å². The van der Waals surface area contributed by atoms with Gasteiger partial charge in [-0.25, -0.2) is 8.42 Å². The number of benzene rings is 1. The zero-order valence-corrected chi connectivity index (χ0v) is 21.2. The molecule has 2 aliphatic carbocycles. The fourth-order valence-corrected chi connectivity index (χ4v) is 6.82. The van der Waals surface area contributed by atoms with Crippen molar-refractivity contribution in [1.82, 2.24) is 14.3 Å². The van der Waals surface area contributed by atoms with Crippen molar-refractivity contribution in [2.75, 3.05) is 0 Å². The number of nitriles is 1. The SMILES string of the molecule is N#Cc1c(-c2ccc(S(=O)(=O)N[C@@H](I)C3CC3)cn2)n(CC2CC2)c2cc(OC(F)(F)F)ccc12. The molecule has 0 unspecified atom stereocenters. The molecule has 1 N–H and O–H groups in total. The van der Waals surface area contributed by atoms with Gasteiger partial charge in [-0.05, 0) is 61.8 Å². The van der Waals surface area contributed by atoms with Crippen LogP contribution in [0.5, 0.6) is 5.75 Å². The maximum atomic E-state index is 12.8. The van der Waals surface area contributed by atoms with Gasteiger partial charge in [0, 0.05) is 24.2 Å². The summed E-state index contributed by atoms with van der Waals surface area (Å²) >= 11 is 2.08. The number of ether oxygens (including phenoxy) is 1. The predicted molar refractivity (Wildman–Crippen MR) is 130 cm³/mol. The second-order valence-corrected chi connectivity index (χ2v) is 11.9. The molecule has 2 aliphatic rings. The second-order valence-electron chi connectivity index (χ2n) is 8.86. The molecule has 5 rings (SSSR count). The van der Waals surface area contributed by atoms with Gasteiger partial charge in [-0.2, -0.15) is 9.98 Å². The van der Waals surface area contributed by atoms with E-state index in [2.05, 4.69) is 43.1 Å². The third kappa shape index (κ3) is 5.26. The molecule has 0 aliphatic heterocycles. The molecule has 2 fully saturated rings. The molecule has 35 heavy (non-hydrogen) atoms. The Labute approximate surface area is 213 Å². The number of sulfonamides is 1. The Balaban J connectivity index is 1.56. The molecule has 7 nitrogen and oxygen atoms in total. The van der Waals surface area contributed by atoms with E-state index in [0.717, 1.165) is 25.7 Å². The third-order valence-electron chi connectivity index (χ3n) is 6.11. The zero-order valence-electron chi connectivity index (χ0n) is 18.2. The lowest BCUT2D eigenvalue weighted by Crippen LogP contribution is -2.31.